The van der Waals surface area contributed by atoms with Crippen LogP contribution in [0.15, 0.2) is 30.3 Å². The number of rotatable bonds is 5. The first kappa shape index (κ1) is 19.9. The van der Waals surface area contributed by atoms with Crippen LogP contribution in [0.4, 0.5) is 26.3 Å². The molecule has 0 saturated heterocycles. The topological polar surface area (TPSA) is 62.1 Å². The lowest BCUT2D eigenvalue weighted by molar-refractivity contribution is -0.274. The van der Waals surface area contributed by atoms with Crippen molar-refractivity contribution in [3.8, 4) is 17.0 Å². The van der Waals surface area contributed by atoms with Crippen LogP contribution in [0.3, 0.4) is 0 Å². The van der Waals surface area contributed by atoms with Gasteiger partial charge in [-0.1, -0.05) is 5.21 Å². The van der Waals surface area contributed by atoms with Gasteiger partial charge >= 0.3 is 12.5 Å². The Hall–Kier alpha value is -2.89. The lowest BCUT2D eigenvalue weighted by atomic mass is 10.0. The fraction of sp³-hybridized carbons (Fsp3) is 0.312. The highest BCUT2D eigenvalue weighted by Crippen LogP contribution is 2.31. The van der Waals surface area contributed by atoms with Gasteiger partial charge in [-0.25, -0.2) is 9.67 Å². The van der Waals surface area contributed by atoms with Crippen molar-refractivity contribution in [3.63, 3.8) is 0 Å². The van der Waals surface area contributed by atoms with Crippen molar-refractivity contribution in [3.05, 3.63) is 35.9 Å². The van der Waals surface area contributed by atoms with E-state index in [1.54, 1.807) is 0 Å². The Balaban J connectivity index is 2.04. The van der Waals surface area contributed by atoms with Crippen molar-refractivity contribution < 1.29 is 35.8 Å². The van der Waals surface area contributed by atoms with E-state index in [1.165, 1.54) is 25.3 Å². The minimum absolute atomic E-state index is 0.0653. The number of methoxy groups -OCH3 is 1. The van der Waals surface area contributed by atoms with Gasteiger partial charge in [0.05, 0.1) is 12.3 Å². The van der Waals surface area contributed by atoms with Gasteiger partial charge < -0.3 is 9.47 Å². The molecule has 0 spiro atoms. The predicted molar refractivity (Wildman–Crippen MR) is 84.2 cm³/mol. The van der Waals surface area contributed by atoms with Crippen LogP contribution in [0.5, 0.6) is 5.75 Å². The molecule has 6 nitrogen and oxygen atoms in total. The first-order valence-electron chi connectivity index (χ1n) is 7.71. The molecule has 0 aliphatic carbocycles. The Bertz CT molecular complexity index is 983. The molecule has 1 aromatic carbocycles. The van der Waals surface area contributed by atoms with Crippen molar-refractivity contribution in [2.45, 2.75) is 25.7 Å². The maximum absolute atomic E-state index is 12.7. The Morgan fingerprint density at radius 3 is 2.43 bits per heavy atom. The molecule has 28 heavy (non-hydrogen) atoms. The van der Waals surface area contributed by atoms with Crippen LogP contribution in [0, 0.1) is 0 Å². The molecule has 0 atom stereocenters. The second-order valence-corrected chi connectivity index (χ2v) is 5.70. The number of pyridine rings is 1. The summed E-state index contributed by atoms with van der Waals surface area (Å²) in [5.41, 5.74) is 0.958. The van der Waals surface area contributed by atoms with Crippen LogP contribution in [0.25, 0.3) is 22.4 Å². The van der Waals surface area contributed by atoms with Crippen molar-refractivity contribution >= 4 is 11.2 Å². The first-order valence-corrected chi connectivity index (χ1v) is 7.71. The van der Waals surface area contributed by atoms with E-state index in [0.717, 1.165) is 12.1 Å². The van der Waals surface area contributed by atoms with Gasteiger partial charge in [0, 0.05) is 12.7 Å². The Kier molecular flexibility index (Phi) is 5.15. The van der Waals surface area contributed by atoms with Gasteiger partial charge in [-0.15, -0.1) is 18.3 Å². The van der Waals surface area contributed by atoms with Gasteiger partial charge in [0.15, 0.2) is 5.65 Å². The Labute approximate surface area is 153 Å². The molecule has 0 unspecified atom stereocenters. The molecule has 3 rings (SSSR count). The number of benzene rings is 1. The van der Waals surface area contributed by atoms with Crippen LogP contribution in [0.1, 0.15) is 5.56 Å². The molecule has 0 aliphatic heterocycles. The van der Waals surface area contributed by atoms with E-state index >= 15 is 0 Å². The zero-order valence-corrected chi connectivity index (χ0v) is 14.2. The smallest absolute Gasteiger partial charge is 0.406 e. The number of hydrogen-bond donors (Lipinski definition) is 0. The van der Waals surface area contributed by atoms with E-state index in [0.29, 0.717) is 15.8 Å². The van der Waals surface area contributed by atoms with Gasteiger partial charge in [-0.05, 0) is 35.9 Å². The summed E-state index contributed by atoms with van der Waals surface area (Å²) in [4.78, 5) is 4.16. The molecule has 0 saturated carbocycles. The number of hydrogen-bond acceptors (Lipinski definition) is 5. The van der Waals surface area contributed by atoms with Crippen LogP contribution < -0.4 is 4.74 Å². The van der Waals surface area contributed by atoms with Crippen molar-refractivity contribution in [1.29, 1.82) is 0 Å². The third-order valence-corrected chi connectivity index (χ3v) is 3.57. The molecule has 0 fully saturated rings. The minimum atomic E-state index is -4.86. The lowest BCUT2D eigenvalue weighted by Crippen LogP contribution is -2.19. The molecule has 3 aromatic rings. The van der Waals surface area contributed by atoms with Gasteiger partial charge in [-0.2, -0.15) is 13.2 Å². The summed E-state index contributed by atoms with van der Waals surface area (Å²) in [6.45, 7) is -1.44. The monoisotopic (exact) mass is 406 g/mol. The van der Waals surface area contributed by atoms with E-state index in [4.69, 9.17) is 4.74 Å². The molecule has 0 bridgehead atoms. The minimum Gasteiger partial charge on any atom is -0.406 e. The van der Waals surface area contributed by atoms with Crippen LogP contribution in [0.2, 0.25) is 0 Å². The van der Waals surface area contributed by atoms with E-state index in [2.05, 4.69) is 20.0 Å². The number of aromatic nitrogens is 4. The van der Waals surface area contributed by atoms with Gasteiger partial charge in [-0.3, -0.25) is 0 Å². The third-order valence-electron chi connectivity index (χ3n) is 3.57. The zero-order valence-electron chi connectivity index (χ0n) is 14.2. The van der Waals surface area contributed by atoms with Crippen LogP contribution >= 0.6 is 0 Å². The highest BCUT2D eigenvalue weighted by atomic mass is 19.4. The summed E-state index contributed by atoms with van der Waals surface area (Å²) < 4.78 is 84.8. The summed E-state index contributed by atoms with van der Waals surface area (Å²) in [7, 11) is 1.35. The lowest BCUT2D eigenvalue weighted by Gasteiger charge is -2.13. The van der Waals surface area contributed by atoms with Crippen molar-refractivity contribution in [1.82, 2.24) is 20.0 Å². The van der Waals surface area contributed by atoms with E-state index < -0.39 is 24.8 Å². The largest absolute Gasteiger partial charge is 0.573 e. The van der Waals surface area contributed by atoms with E-state index in [9.17, 15) is 26.3 Å². The van der Waals surface area contributed by atoms with Crippen molar-refractivity contribution in [2.75, 3.05) is 7.11 Å². The summed E-state index contributed by atoms with van der Waals surface area (Å²) in [5, 5.41) is 7.07. The first-order chi connectivity index (χ1) is 13.1. The average Bonchev–Trinajstić information content (AvgIpc) is 2.94. The zero-order chi connectivity index (χ0) is 20.5. The van der Waals surface area contributed by atoms with Crippen molar-refractivity contribution in [2.24, 2.45) is 0 Å². The van der Waals surface area contributed by atoms with Gasteiger partial charge in [0.1, 0.15) is 17.8 Å². The number of halogens is 6. The molecular formula is C16H12F6N4O2. The molecule has 2 aromatic heterocycles. The Morgan fingerprint density at radius 1 is 1.04 bits per heavy atom. The standard InChI is InChI=1S/C16H12F6N4O2/c1-27-7-9-6-10(28-16(20,21)22)2-3-11(9)12-4-5-13-14(23-12)26(25-24-13)8-15(17,18)19/h2-6H,7-8H2,1H3. The highest BCUT2D eigenvalue weighted by molar-refractivity contribution is 5.76. The molecule has 0 aliphatic rings. The predicted octanol–water partition coefficient (Wildman–Crippen LogP) is 4.10. The number of fused-ring (bicyclic) bond motifs is 1. The van der Waals surface area contributed by atoms with E-state index in [-0.39, 0.29) is 23.5 Å². The quantitative estimate of drug-likeness (QED) is 0.597. The fourth-order valence-electron chi connectivity index (χ4n) is 2.57. The van der Waals surface area contributed by atoms with Crippen LogP contribution in [-0.4, -0.2) is 39.6 Å². The SMILES string of the molecule is COCc1cc(OC(F)(F)F)ccc1-c1ccc2nnn(CC(F)(F)F)c2n1. The maximum atomic E-state index is 12.7. The third kappa shape index (κ3) is 4.68. The molecule has 0 amide bonds. The molecular weight excluding hydrogens is 394 g/mol. The molecule has 0 radical (unpaired) electrons. The summed E-state index contributed by atoms with van der Waals surface area (Å²) in [6, 6.07) is 6.44. The summed E-state index contributed by atoms with van der Waals surface area (Å²) >= 11 is 0. The molecule has 2 heterocycles. The second-order valence-electron chi connectivity index (χ2n) is 5.70. The number of ether oxygens (including phenoxy) is 2. The van der Waals surface area contributed by atoms with Gasteiger partial charge in [0.25, 0.3) is 0 Å². The maximum Gasteiger partial charge on any atom is 0.573 e. The summed E-state index contributed by atoms with van der Waals surface area (Å²) in [5.74, 6) is -0.451. The number of alkyl halides is 6. The normalized spacial score (nSPS) is 12.5. The van der Waals surface area contributed by atoms with Crippen LogP contribution in [-0.2, 0) is 17.9 Å². The fourth-order valence-corrected chi connectivity index (χ4v) is 2.57. The second kappa shape index (κ2) is 7.26. The molecule has 12 heteroatoms. The van der Waals surface area contributed by atoms with Gasteiger partial charge in [0.2, 0.25) is 0 Å². The Morgan fingerprint density at radius 2 is 1.79 bits per heavy atom. The average molecular weight is 406 g/mol. The highest BCUT2D eigenvalue weighted by Gasteiger charge is 2.32. The number of nitrogens with zero attached hydrogens (tertiary/aromatic N) is 4. The molecule has 150 valence electrons. The molecule has 0 N–H and O–H groups in total. The summed E-state index contributed by atoms with van der Waals surface area (Å²) in [6.07, 6.45) is -9.38. The van der Waals surface area contributed by atoms with E-state index in [1.807, 2.05) is 0 Å².